The van der Waals surface area contributed by atoms with Gasteiger partial charge < -0.3 is 9.80 Å². The van der Waals surface area contributed by atoms with Gasteiger partial charge in [0.2, 0.25) is 0 Å². The molecule has 5 rings (SSSR count). The number of para-hydroxylation sites is 1. The molecule has 1 fully saturated rings. The average molecular weight is 445 g/mol. The quantitative estimate of drug-likeness (QED) is 0.477. The summed E-state index contributed by atoms with van der Waals surface area (Å²) in [4.78, 5) is 26.1. The van der Waals surface area contributed by atoms with Crippen molar-refractivity contribution >= 4 is 23.3 Å². The fourth-order valence-electron chi connectivity index (χ4n) is 3.83. The molecule has 7 nitrogen and oxygen atoms in total. The van der Waals surface area contributed by atoms with Crippen LogP contribution in [0.1, 0.15) is 10.4 Å². The number of carbonyl (C=O) groups excluding carboxylic acids is 1. The second-order valence-corrected chi connectivity index (χ2v) is 7.96. The van der Waals surface area contributed by atoms with Gasteiger partial charge in [0, 0.05) is 55.4 Å². The highest BCUT2D eigenvalue weighted by Crippen LogP contribution is 2.27. The molecule has 3 heterocycles. The van der Waals surface area contributed by atoms with Crippen LogP contribution in [-0.4, -0.2) is 56.7 Å². The van der Waals surface area contributed by atoms with Gasteiger partial charge in [-0.3, -0.25) is 9.78 Å². The number of halogens is 1. The molecular weight excluding hydrogens is 424 g/mol. The molecule has 1 amide bonds. The standard InChI is InChI=1S/C24H21ClN6O/c25-19-8-6-18(7-9-19)23-21(17-31(28-23)20-4-2-1-3-5-20)24(32)30-14-12-29(13-15-30)22-16-26-10-11-27-22/h1-11,16-17H,12-15H2. The lowest BCUT2D eigenvalue weighted by Gasteiger charge is -2.35. The van der Waals surface area contributed by atoms with Gasteiger partial charge in [0.25, 0.3) is 5.91 Å². The largest absolute Gasteiger partial charge is 0.352 e. The van der Waals surface area contributed by atoms with Gasteiger partial charge in [-0.15, -0.1) is 0 Å². The number of rotatable bonds is 4. The molecule has 1 saturated heterocycles. The molecule has 0 saturated carbocycles. The Morgan fingerprint density at radius 3 is 2.34 bits per heavy atom. The number of hydrogen-bond donors (Lipinski definition) is 0. The van der Waals surface area contributed by atoms with Crippen LogP contribution in [0.3, 0.4) is 0 Å². The fourth-order valence-corrected chi connectivity index (χ4v) is 3.95. The van der Waals surface area contributed by atoms with Crippen molar-refractivity contribution in [3.63, 3.8) is 0 Å². The lowest BCUT2D eigenvalue weighted by molar-refractivity contribution is 0.0747. The van der Waals surface area contributed by atoms with E-state index in [1.807, 2.05) is 65.7 Å². The highest BCUT2D eigenvalue weighted by molar-refractivity contribution is 6.30. The Kier molecular flexibility index (Phi) is 5.56. The van der Waals surface area contributed by atoms with Gasteiger partial charge in [-0.1, -0.05) is 41.9 Å². The molecule has 0 spiro atoms. The zero-order valence-corrected chi connectivity index (χ0v) is 18.1. The topological polar surface area (TPSA) is 67.2 Å². The normalized spacial score (nSPS) is 13.9. The molecule has 160 valence electrons. The van der Waals surface area contributed by atoms with Crippen molar-refractivity contribution in [2.75, 3.05) is 31.1 Å². The van der Waals surface area contributed by atoms with E-state index in [0.717, 1.165) is 17.1 Å². The molecule has 0 bridgehead atoms. The number of carbonyl (C=O) groups is 1. The first-order valence-electron chi connectivity index (χ1n) is 10.4. The number of anilines is 1. The van der Waals surface area contributed by atoms with Crippen LogP contribution in [0.25, 0.3) is 16.9 Å². The first-order valence-corrected chi connectivity index (χ1v) is 10.8. The van der Waals surface area contributed by atoms with Crippen molar-refractivity contribution in [2.45, 2.75) is 0 Å². The summed E-state index contributed by atoms with van der Waals surface area (Å²) in [6, 6.07) is 17.2. The molecule has 32 heavy (non-hydrogen) atoms. The minimum atomic E-state index is -0.0315. The van der Waals surface area contributed by atoms with E-state index in [-0.39, 0.29) is 5.91 Å². The summed E-state index contributed by atoms with van der Waals surface area (Å²) in [6.07, 6.45) is 6.91. The predicted octanol–water partition coefficient (Wildman–Crippen LogP) is 3.95. The maximum atomic E-state index is 13.5. The number of benzene rings is 2. The van der Waals surface area contributed by atoms with E-state index in [2.05, 4.69) is 14.9 Å². The molecule has 4 aromatic rings. The van der Waals surface area contributed by atoms with Crippen LogP contribution in [0.5, 0.6) is 0 Å². The third-order valence-electron chi connectivity index (χ3n) is 5.52. The summed E-state index contributed by atoms with van der Waals surface area (Å²) < 4.78 is 1.76. The summed E-state index contributed by atoms with van der Waals surface area (Å²) in [5.74, 6) is 0.800. The highest BCUT2D eigenvalue weighted by atomic mass is 35.5. The molecule has 1 aliphatic rings. The van der Waals surface area contributed by atoms with Crippen LogP contribution >= 0.6 is 11.6 Å². The van der Waals surface area contributed by atoms with Gasteiger partial charge in [-0.05, 0) is 24.3 Å². The number of nitrogens with zero attached hydrogens (tertiary/aromatic N) is 6. The van der Waals surface area contributed by atoms with Crippen molar-refractivity contribution in [2.24, 2.45) is 0 Å². The maximum absolute atomic E-state index is 13.5. The van der Waals surface area contributed by atoms with E-state index >= 15 is 0 Å². The Morgan fingerprint density at radius 1 is 0.906 bits per heavy atom. The Balaban J connectivity index is 1.43. The first kappa shape index (κ1) is 20.2. The van der Waals surface area contributed by atoms with Gasteiger partial charge in [0.05, 0.1) is 17.4 Å². The molecule has 0 N–H and O–H groups in total. The number of piperazine rings is 1. The zero-order valence-electron chi connectivity index (χ0n) is 17.3. The Bertz CT molecular complexity index is 1200. The third kappa shape index (κ3) is 4.07. The van der Waals surface area contributed by atoms with E-state index in [4.69, 9.17) is 16.7 Å². The average Bonchev–Trinajstić information content (AvgIpc) is 3.31. The van der Waals surface area contributed by atoms with Crippen molar-refractivity contribution in [3.8, 4) is 16.9 Å². The van der Waals surface area contributed by atoms with E-state index in [9.17, 15) is 4.79 Å². The van der Waals surface area contributed by atoms with Crippen molar-refractivity contribution in [1.29, 1.82) is 0 Å². The second kappa shape index (κ2) is 8.80. The monoisotopic (exact) mass is 444 g/mol. The SMILES string of the molecule is O=C(c1cn(-c2ccccc2)nc1-c1ccc(Cl)cc1)N1CCN(c2cnccn2)CC1. The lowest BCUT2D eigenvalue weighted by Crippen LogP contribution is -2.49. The minimum absolute atomic E-state index is 0.0315. The third-order valence-corrected chi connectivity index (χ3v) is 5.78. The van der Waals surface area contributed by atoms with Crippen molar-refractivity contribution in [3.05, 3.63) is 90.0 Å². The summed E-state index contributed by atoms with van der Waals surface area (Å²) in [5, 5.41) is 5.40. The van der Waals surface area contributed by atoms with Crippen LogP contribution in [0, 0.1) is 0 Å². The zero-order chi connectivity index (χ0) is 21.9. The van der Waals surface area contributed by atoms with Gasteiger partial charge in [0.15, 0.2) is 0 Å². The second-order valence-electron chi connectivity index (χ2n) is 7.52. The van der Waals surface area contributed by atoms with Crippen molar-refractivity contribution in [1.82, 2.24) is 24.6 Å². The Hall–Kier alpha value is -3.71. The molecule has 0 atom stereocenters. The van der Waals surface area contributed by atoms with Gasteiger partial charge in [-0.25, -0.2) is 9.67 Å². The first-order chi connectivity index (χ1) is 15.7. The maximum Gasteiger partial charge on any atom is 0.257 e. The minimum Gasteiger partial charge on any atom is -0.352 e. The summed E-state index contributed by atoms with van der Waals surface area (Å²) in [6.45, 7) is 2.61. The Labute approximate surface area is 190 Å². The molecule has 8 heteroatoms. The van der Waals surface area contributed by atoms with Gasteiger partial charge in [-0.2, -0.15) is 5.10 Å². The molecule has 2 aromatic carbocycles. The molecule has 1 aliphatic heterocycles. The van der Waals surface area contributed by atoms with Crippen LogP contribution in [0.15, 0.2) is 79.4 Å². The van der Waals surface area contributed by atoms with Gasteiger partial charge in [0.1, 0.15) is 11.5 Å². The van der Waals surface area contributed by atoms with Crippen LogP contribution in [0.2, 0.25) is 5.02 Å². The smallest absolute Gasteiger partial charge is 0.257 e. The highest BCUT2D eigenvalue weighted by Gasteiger charge is 2.27. The number of hydrogen-bond acceptors (Lipinski definition) is 5. The number of aromatic nitrogens is 4. The van der Waals surface area contributed by atoms with E-state index in [1.165, 1.54) is 0 Å². The molecular formula is C24H21ClN6O. The molecule has 2 aromatic heterocycles. The lowest BCUT2D eigenvalue weighted by atomic mass is 10.1. The molecule has 0 radical (unpaired) electrons. The van der Waals surface area contributed by atoms with E-state index < -0.39 is 0 Å². The van der Waals surface area contributed by atoms with Crippen LogP contribution in [0.4, 0.5) is 5.82 Å². The Morgan fingerprint density at radius 2 is 1.66 bits per heavy atom. The van der Waals surface area contributed by atoms with E-state index in [0.29, 0.717) is 42.5 Å². The van der Waals surface area contributed by atoms with Crippen molar-refractivity contribution < 1.29 is 4.79 Å². The summed E-state index contributed by atoms with van der Waals surface area (Å²) >= 11 is 6.07. The van der Waals surface area contributed by atoms with Gasteiger partial charge >= 0.3 is 0 Å². The van der Waals surface area contributed by atoms with Crippen LogP contribution < -0.4 is 4.90 Å². The molecule has 0 unspecified atom stereocenters. The summed E-state index contributed by atoms with van der Waals surface area (Å²) in [5.41, 5.74) is 2.97. The summed E-state index contributed by atoms with van der Waals surface area (Å²) in [7, 11) is 0. The number of amides is 1. The fraction of sp³-hybridized carbons (Fsp3) is 0.167. The van der Waals surface area contributed by atoms with Crippen LogP contribution in [-0.2, 0) is 0 Å². The van der Waals surface area contributed by atoms with E-state index in [1.54, 1.807) is 23.3 Å². The predicted molar refractivity (Wildman–Crippen MR) is 124 cm³/mol. The molecule has 0 aliphatic carbocycles.